The average Bonchev–Trinajstić information content (AvgIpc) is 2.87. The second-order valence-electron chi connectivity index (χ2n) is 8.17. The molecule has 14 heteroatoms. The fourth-order valence-electron chi connectivity index (χ4n) is 3.82. The summed E-state index contributed by atoms with van der Waals surface area (Å²) >= 11 is 0. The molecule has 4 rings (SSSR count). The van der Waals surface area contributed by atoms with Crippen molar-refractivity contribution in [2.24, 2.45) is 0 Å². The Morgan fingerprint density at radius 3 is 0.650 bits per heavy atom. The van der Waals surface area contributed by atoms with E-state index in [0.29, 0.717) is 24.3 Å². The second kappa shape index (κ2) is 11.8. The highest BCUT2D eigenvalue weighted by atomic mass is 31.1. The van der Waals surface area contributed by atoms with Gasteiger partial charge in [0.2, 0.25) is 0 Å². The quantitative estimate of drug-likeness (QED) is 0.121. The van der Waals surface area contributed by atoms with Crippen molar-refractivity contribution in [1.29, 1.82) is 0 Å². The lowest BCUT2D eigenvalue weighted by Crippen LogP contribution is -2.26. The van der Waals surface area contributed by atoms with Crippen LogP contribution >= 0.6 is 15.8 Å². The van der Waals surface area contributed by atoms with Crippen molar-refractivity contribution < 1.29 is 52.7 Å². The van der Waals surface area contributed by atoms with Gasteiger partial charge in [-0.25, -0.2) is 52.7 Å². The van der Waals surface area contributed by atoms with E-state index >= 15 is 0 Å². The van der Waals surface area contributed by atoms with Crippen LogP contribution in [0, 0.1) is 69.8 Å². The van der Waals surface area contributed by atoms with Crippen molar-refractivity contribution in [3.8, 4) is 0 Å². The van der Waals surface area contributed by atoms with Crippen molar-refractivity contribution >= 4 is 37.1 Å². The van der Waals surface area contributed by atoms with Crippen LogP contribution in [0.15, 0.2) is 48.5 Å². The lowest BCUT2D eigenvalue weighted by atomic mass is 10.3. The minimum atomic E-state index is -2.64. The summed E-state index contributed by atoms with van der Waals surface area (Å²) in [7, 11) is -5.28. The van der Waals surface area contributed by atoms with Crippen molar-refractivity contribution in [2.75, 3.05) is 12.3 Å². The fourth-order valence-corrected chi connectivity index (χ4v) is 9.27. The zero-order chi connectivity index (χ0) is 29.5. The first-order chi connectivity index (χ1) is 18.8. The van der Waals surface area contributed by atoms with Gasteiger partial charge >= 0.3 is 0 Å². The van der Waals surface area contributed by atoms with Crippen LogP contribution in [0.3, 0.4) is 0 Å². The van der Waals surface area contributed by atoms with Gasteiger partial charge in [0.15, 0.2) is 46.5 Å². The van der Waals surface area contributed by atoms with Gasteiger partial charge in [-0.2, -0.15) is 0 Å². The van der Waals surface area contributed by atoms with Gasteiger partial charge in [0.05, 0.1) is 0 Å². The zero-order valence-electron chi connectivity index (χ0n) is 19.5. The Morgan fingerprint density at radius 2 is 0.450 bits per heavy atom. The molecular formula is C26H12F12P2. The molecule has 0 spiro atoms. The fraction of sp³-hybridized carbons (Fsp3) is 0.0769. The first-order valence-corrected chi connectivity index (χ1v) is 14.0. The molecule has 4 aromatic rings. The molecule has 0 nitrogen and oxygen atoms in total. The van der Waals surface area contributed by atoms with Crippen LogP contribution in [0.5, 0.6) is 0 Å². The molecule has 0 bridgehead atoms. The Labute approximate surface area is 220 Å². The number of rotatable bonds is 7. The molecule has 0 amide bonds. The van der Waals surface area contributed by atoms with Crippen LogP contribution in [0.2, 0.25) is 0 Å². The van der Waals surface area contributed by atoms with Gasteiger partial charge in [-0.3, -0.25) is 0 Å². The number of halogens is 12. The van der Waals surface area contributed by atoms with E-state index in [-0.39, 0.29) is 24.3 Å². The molecule has 210 valence electrons. The molecule has 0 aliphatic carbocycles. The molecule has 0 aromatic heterocycles. The van der Waals surface area contributed by atoms with Gasteiger partial charge in [0, 0.05) is 45.5 Å². The summed E-state index contributed by atoms with van der Waals surface area (Å²) in [4.78, 5) is 0. The summed E-state index contributed by atoms with van der Waals surface area (Å²) in [5.74, 6) is -18.6. The van der Waals surface area contributed by atoms with Gasteiger partial charge in [0.1, 0.15) is 23.3 Å². The highest BCUT2D eigenvalue weighted by molar-refractivity contribution is 7.76. The minimum absolute atomic E-state index is 0.116. The van der Waals surface area contributed by atoms with E-state index in [2.05, 4.69) is 0 Å². The SMILES string of the molecule is Fc1cc(F)c(P(CCP(c2cc(F)c(F)cc2F)c2cc(F)c(F)cc2F)c2cc(F)c(F)cc2F)cc1F. The first kappa shape index (κ1) is 29.9. The Balaban J connectivity index is 1.89. The predicted molar refractivity (Wildman–Crippen MR) is 127 cm³/mol. The average molecular weight is 614 g/mol. The van der Waals surface area contributed by atoms with E-state index < -0.39 is 119 Å². The normalized spacial score (nSPS) is 11.7. The predicted octanol–water partition coefficient (Wildman–Crippen LogP) is 6.92. The van der Waals surface area contributed by atoms with E-state index in [1.54, 1.807) is 0 Å². The maximum absolute atomic E-state index is 14.8. The molecule has 0 aliphatic rings. The van der Waals surface area contributed by atoms with Crippen molar-refractivity contribution in [3.63, 3.8) is 0 Å². The van der Waals surface area contributed by atoms with E-state index in [4.69, 9.17) is 0 Å². The van der Waals surface area contributed by atoms with E-state index in [0.717, 1.165) is 0 Å². The molecular weight excluding hydrogens is 602 g/mol. The lowest BCUT2D eigenvalue weighted by Gasteiger charge is -2.25. The van der Waals surface area contributed by atoms with Gasteiger partial charge in [0.25, 0.3) is 0 Å². The largest absolute Gasteiger partial charge is 0.206 e. The molecule has 0 saturated heterocycles. The standard InChI is InChI=1S/C26H12F12P2/c27-11-3-19(35)23(7-15(11)31)39(24-8-16(32)12(28)4-20(24)36)1-2-40(25-9-17(33)13(29)5-21(25)37)26-10-18(34)14(30)6-22(26)38/h3-10H,1-2H2. The van der Waals surface area contributed by atoms with Crippen molar-refractivity contribution in [2.45, 2.75) is 0 Å². The summed E-state index contributed by atoms with van der Waals surface area (Å²) in [6, 6.07) is 1.83. The van der Waals surface area contributed by atoms with Crippen molar-refractivity contribution in [1.82, 2.24) is 0 Å². The molecule has 0 aliphatic heterocycles. The summed E-state index contributed by atoms with van der Waals surface area (Å²) in [5, 5.41) is -2.81. The highest BCUT2D eigenvalue weighted by Crippen LogP contribution is 2.44. The molecule has 0 N–H and O–H groups in total. The Morgan fingerprint density at radius 1 is 0.275 bits per heavy atom. The highest BCUT2D eigenvalue weighted by Gasteiger charge is 2.30. The summed E-state index contributed by atoms with van der Waals surface area (Å²) in [5.41, 5.74) is 0. The molecule has 0 fully saturated rings. The molecule has 0 heterocycles. The van der Waals surface area contributed by atoms with Gasteiger partial charge < -0.3 is 0 Å². The minimum Gasteiger partial charge on any atom is -0.206 e. The van der Waals surface area contributed by atoms with E-state index in [1.807, 2.05) is 0 Å². The Hall–Kier alpha value is -3.10. The molecule has 4 aromatic carbocycles. The first-order valence-electron chi connectivity index (χ1n) is 10.9. The number of hydrogen-bond donors (Lipinski definition) is 0. The maximum Gasteiger partial charge on any atom is 0.161 e. The lowest BCUT2D eigenvalue weighted by molar-refractivity contribution is 0.497. The van der Waals surface area contributed by atoms with E-state index in [9.17, 15) is 52.7 Å². The van der Waals surface area contributed by atoms with Crippen LogP contribution in [-0.2, 0) is 0 Å². The third kappa shape index (κ3) is 5.98. The third-order valence-corrected chi connectivity index (χ3v) is 11.1. The Kier molecular flexibility index (Phi) is 8.80. The topological polar surface area (TPSA) is 0 Å². The van der Waals surface area contributed by atoms with Gasteiger partial charge in [-0.05, 0) is 52.4 Å². The van der Waals surface area contributed by atoms with Crippen LogP contribution in [0.4, 0.5) is 52.7 Å². The van der Waals surface area contributed by atoms with Crippen molar-refractivity contribution in [3.05, 3.63) is 118 Å². The Bertz CT molecular complexity index is 1370. The third-order valence-electron chi connectivity index (χ3n) is 5.67. The second-order valence-corrected chi connectivity index (χ2v) is 12.7. The smallest absolute Gasteiger partial charge is 0.161 e. The van der Waals surface area contributed by atoms with Crippen LogP contribution in [0.1, 0.15) is 0 Å². The molecule has 40 heavy (non-hydrogen) atoms. The molecule has 0 unspecified atom stereocenters. The van der Waals surface area contributed by atoms with Gasteiger partial charge in [-0.1, -0.05) is 0 Å². The van der Waals surface area contributed by atoms with Crippen LogP contribution < -0.4 is 21.2 Å². The summed E-state index contributed by atoms with van der Waals surface area (Å²) in [6.07, 6.45) is -1.25. The maximum atomic E-state index is 14.8. The van der Waals surface area contributed by atoms with Crippen LogP contribution in [-0.4, -0.2) is 12.3 Å². The zero-order valence-corrected chi connectivity index (χ0v) is 21.3. The molecule has 0 radical (unpaired) electrons. The molecule has 0 atom stereocenters. The molecule has 0 saturated carbocycles. The van der Waals surface area contributed by atoms with Gasteiger partial charge in [-0.15, -0.1) is 0 Å². The van der Waals surface area contributed by atoms with Crippen LogP contribution in [0.25, 0.3) is 0 Å². The number of hydrogen-bond acceptors (Lipinski definition) is 0. The monoisotopic (exact) mass is 614 g/mol. The summed E-state index contributed by atoms with van der Waals surface area (Å²) in [6.45, 7) is 0. The summed E-state index contributed by atoms with van der Waals surface area (Å²) < 4.78 is 170. The number of benzene rings is 4. The van der Waals surface area contributed by atoms with E-state index in [1.165, 1.54) is 0 Å².